The largest absolute Gasteiger partial charge is 0.337 e. The number of benzene rings is 1. The zero-order valence-electron chi connectivity index (χ0n) is 18.2. The zero-order chi connectivity index (χ0) is 22.8. The van der Waals surface area contributed by atoms with Crippen molar-refractivity contribution in [2.24, 2.45) is 5.92 Å². The summed E-state index contributed by atoms with van der Waals surface area (Å²) in [7, 11) is 0. The number of fused-ring (bicyclic) bond motifs is 1. The first-order valence-electron chi connectivity index (χ1n) is 11.2. The lowest BCUT2D eigenvalue weighted by Crippen LogP contribution is -2.35. The highest BCUT2D eigenvalue weighted by molar-refractivity contribution is 7.16. The van der Waals surface area contributed by atoms with Crippen molar-refractivity contribution in [3.05, 3.63) is 82.0 Å². The Kier molecular flexibility index (Phi) is 5.93. The van der Waals surface area contributed by atoms with E-state index in [-0.39, 0.29) is 23.7 Å². The van der Waals surface area contributed by atoms with Crippen LogP contribution >= 0.6 is 11.3 Å². The van der Waals surface area contributed by atoms with Gasteiger partial charge in [0.2, 0.25) is 11.8 Å². The van der Waals surface area contributed by atoms with Crippen LogP contribution < -0.4 is 5.32 Å². The quantitative estimate of drug-likeness (QED) is 0.600. The van der Waals surface area contributed by atoms with Crippen molar-refractivity contribution in [1.29, 1.82) is 5.26 Å². The molecule has 1 N–H and O–H groups in total. The number of nitrogens with one attached hydrogen (secondary N) is 1. The van der Waals surface area contributed by atoms with Crippen LogP contribution in [0.2, 0.25) is 0 Å². The fourth-order valence-corrected chi connectivity index (χ4v) is 5.76. The summed E-state index contributed by atoms with van der Waals surface area (Å²) in [6, 6.07) is 16.2. The van der Waals surface area contributed by atoms with Crippen molar-refractivity contribution >= 4 is 28.2 Å². The Balaban J connectivity index is 1.23. The van der Waals surface area contributed by atoms with Gasteiger partial charge in [-0.2, -0.15) is 5.26 Å². The van der Waals surface area contributed by atoms with Crippen molar-refractivity contribution in [3.8, 4) is 6.07 Å². The molecule has 7 heteroatoms. The third-order valence-electron chi connectivity index (χ3n) is 6.49. The van der Waals surface area contributed by atoms with Crippen LogP contribution in [0.3, 0.4) is 0 Å². The van der Waals surface area contributed by atoms with Crippen molar-refractivity contribution < 1.29 is 9.59 Å². The third kappa shape index (κ3) is 4.53. The summed E-state index contributed by atoms with van der Waals surface area (Å²) in [6.07, 6.45) is 6.08. The molecule has 0 spiro atoms. The SMILES string of the molecule is N#Cc1c(NC(=O)[C@@H]2C[C@@H]2c2ccccc2)sc2c1CCN(C(=O)CCc1ccncc1)C2. The molecule has 1 fully saturated rings. The van der Waals surface area contributed by atoms with E-state index in [9.17, 15) is 14.9 Å². The van der Waals surface area contributed by atoms with Crippen molar-refractivity contribution in [3.63, 3.8) is 0 Å². The number of aromatic nitrogens is 1. The molecule has 0 unspecified atom stereocenters. The number of hydrogen-bond donors (Lipinski definition) is 1. The molecule has 2 amide bonds. The summed E-state index contributed by atoms with van der Waals surface area (Å²) in [5.74, 6) is 0.284. The van der Waals surface area contributed by atoms with Gasteiger partial charge in [-0.3, -0.25) is 14.6 Å². The second-order valence-electron chi connectivity index (χ2n) is 8.59. The Morgan fingerprint density at radius 3 is 2.73 bits per heavy atom. The van der Waals surface area contributed by atoms with Crippen LogP contribution in [0.4, 0.5) is 5.00 Å². The molecule has 1 saturated carbocycles. The van der Waals surface area contributed by atoms with E-state index in [1.54, 1.807) is 12.4 Å². The number of rotatable bonds is 6. The Hall–Kier alpha value is -3.50. The molecule has 2 aromatic heterocycles. The maximum absolute atomic E-state index is 12.8. The molecule has 166 valence electrons. The van der Waals surface area contributed by atoms with Gasteiger partial charge in [-0.15, -0.1) is 11.3 Å². The molecule has 2 atom stereocenters. The summed E-state index contributed by atoms with van der Waals surface area (Å²) >= 11 is 1.44. The molecule has 0 bridgehead atoms. The standard InChI is InChI=1S/C26H24N4O2S/c27-15-22-19-10-13-30(24(31)7-6-17-8-11-28-12-9-17)16-23(19)33-26(22)29-25(32)21-14-20(21)18-4-2-1-3-5-18/h1-5,8-9,11-12,20-21H,6-7,10,13-14,16H2,(H,29,32)/t20-,21-/m1/s1. The number of aryl methyl sites for hydroxylation is 1. The lowest BCUT2D eigenvalue weighted by Gasteiger charge is -2.27. The van der Waals surface area contributed by atoms with Crippen LogP contribution in [0, 0.1) is 17.2 Å². The van der Waals surface area contributed by atoms with E-state index in [0.29, 0.717) is 42.9 Å². The summed E-state index contributed by atoms with van der Waals surface area (Å²) in [6.45, 7) is 1.09. The smallest absolute Gasteiger partial charge is 0.228 e. The fraction of sp³-hybridized carbons (Fsp3) is 0.308. The molecule has 5 rings (SSSR count). The van der Waals surface area contributed by atoms with Crippen LogP contribution in [0.1, 0.15) is 45.9 Å². The van der Waals surface area contributed by atoms with E-state index in [4.69, 9.17) is 0 Å². The van der Waals surface area contributed by atoms with Gasteiger partial charge in [-0.1, -0.05) is 30.3 Å². The van der Waals surface area contributed by atoms with Crippen molar-refractivity contribution in [1.82, 2.24) is 9.88 Å². The van der Waals surface area contributed by atoms with Crippen LogP contribution in [0.5, 0.6) is 0 Å². The lowest BCUT2D eigenvalue weighted by atomic mass is 10.0. The van der Waals surface area contributed by atoms with Gasteiger partial charge in [0.1, 0.15) is 11.1 Å². The summed E-state index contributed by atoms with van der Waals surface area (Å²) in [5, 5.41) is 13.4. The van der Waals surface area contributed by atoms with Crippen molar-refractivity contribution in [2.45, 2.75) is 38.1 Å². The van der Waals surface area contributed by atoms with E-state index >= 15 is 0 Å². The van der Waals surface area contributed by atoms with Crippen LogP contribution in [-0.4, -0.2) is 28.2 Å². The molecular weight excluding hydrogens is 432 g/mol. The predicted molar refractivity (Wildman–Crippen MR) is 127 cm³/mol. The maximum atomic E-state index is 12.8. The highest BCUT2D eigenvalue weighted by Gasteiger charge is 2.44. The number of carbonyl (C=O) groups is 2. The molecule has 33 heavy (non-hydrogen) atoms. The van der Waals surface area contributed by atoms with Gasteiger partial charge in [0, 0.05) is 36.2 Å². The number of nitriles is 1. The summed E-state index contributed by atoms with van der Waals surface area (Å²) < 4.78 is 0. The highest BCUT2D eigenvalue weighted by Crippen LogP contribution is 2.48. The van der Waals surface area contributed by atoms with Gasteiger partial charge in [0.15, 0.2) is 0 Å². The molecular formula is C26H24N4O2S. The molecule has 3 heterocycles. The molecule has 6 nitrogen and oxygen atoms in total. The first-order valence-corrected chi connectivity index (χ1v) is 12.0. The topological polar surface area (TPSA) is 86.1 Å². The van der Waals surface area contributed by atoms with Gasteiger partial charge < -0.3 is 10.2 Å². The average Bonchev–Trinajstić information content (AvgIpc) is 3.59. The number of amides is 2. The first kappa shape index (κ1) is 21.4. The Morgan fingerprint density at radius 1 is 1.18 bits per heavy atom. The number of carbonyl (C=O) groups excluding carboxylic acids is 2. The highest BCUT2D eigenvalue weighted by atomic mass is 32.1. The maximum Gasteiger partial charge on any atom is 0.228 e. The minimum Gasteiger partial charge on any atom is -0.337 e. The number of hydrogen-bond acceptors (Lipinski definition) is 5. The van der Waals surface area contributed by atoms with Crippen molar-refractivity contribution in [2.75, 3.05) is 11.9 Å². The molecule has 0 radical (unpaired) electrons. The fourth-order valence-electron chi connectivity index (χ4n) is 4.54. The number of anilines is 1. The molecule has 1 aliphatic heterocycles. The van der Waals surface area contributed by atoms with E-state index in [0.717, 1.165) is 22.4 Å². The second-order valence-corrected chi connectivity index (χ2v) is 9.69. The Morgan fingerprint density at radius 2 is 1.97 bits per heavy atom. The molecule has 1 aliphatic carbocycles. The van der Waals surface area contributed by atoms with Crippen LogP contribution in [0.25, 0.3) is 0 Å². The van der Waals surface area contributed by atoms with E-state index in [1.807, 2.05) is 35.2 Å². The van der Waals surface area contributed by atoms with E-state index < -0.39 is 0 Å². The minimum absolute atomic E-state index is 0.0239. The Labute approximate surface area is 196 Å². The average molecular weight is 457 g/mol. The predicted octanol–water partition coefficient (Wildman–Crippen LogP) is 4.27. The van der Waals surface area contributed by atoms with E-state index in [2.05, 4.69) is 28.5 Å². The normalized spacial score (nSPS) is 18.8. The van der Waals surface area contributed by atoms with Crippen LogP contribution in [0.15, 0.2) is 54.9 Å². The lowest BCUT2D eigenvalue weighted by molar-refractivity contribution is -0.132. The molecule has 2 aliphatic rings. The zero-order valence-corrected chi connectivity index (χ0v) is 19.0. The van der Waals surface area contributed by atoms with Gasteiger partial charge in [0.05, 0.1) is 12.1 Å². The van der Waals surface area contributed by atoms with Crippen LogP contribution in [-0.2, 0) is 29.0 Å². The molecule has 1 aromatic carbocycles. The van der Waals surface area contributed by atoms with E-state index in [1.165, 1.54) is 16.9 Å². The number of thiophene rings is 1. The Bertz CT molecular complexity index is 1220. The molecule has 3 aromatic rings. The van der Waals surface area contributed by atoms with Gasteiger partial charge >= 0.3 is 0 Å². The molecule has 0 saturated heterocycles. The number of pyridine rings is 1. The monoisotopic (exact) mass is 456 g/mol. The van der Waals surface area contributed by atoms with Gasteiger partial charge in [0.25, 0.3) is 0 Å². The second kappa shape index (κ2) is 9.16. The third-order valence-corrected chi connectivity index (χ3v) is 7.62. The van der Waals surface area contributed by atoms with Gasteiger partial charge in [-0.05, 0) is 54.0 Å². The van der Waals surface area contributed by atoms with Gasteiger partial charge in [-0.25, -0.2) is 0 Å². The summed E-state index contributed by atoms with van der Waals surface area (Å²) in [4.78, 5) is 32.5. The minimum atomic E-state index is -0.0515. The summed E-state index contributed by atoms with van der Waals surface area (Å²) in [5.41, 5.74) is 3.82. The first-order chi connectivity index (χ1) is 16.1. The number of nitrogens with zero attached hydrogens (tertiary/aromatic N) is 3.